The van der Waals surface area contributed by atoms with Crippen LogP contribution in [0.3, 0.4) is 0 Å². The molecule has 0 bridgehead atoms. The van der Waals surface area contributed by atoms with Crippen molar-refractivity contribution < 1.29 is 14.2 Å². The summed E-state index contributed by atoms with van der Waals surface area (Å²) in [5, 5.41) is 6.34. The molecule has 0 amide bonds. The first-order valence-corrected chi connectivity index (χ1v) is 6.12. The predicted molar refractivity (Wildman–Crippen MR) is 66.0 cm³/mol. The second-order valence-electron chi connectivity index (χ2n) is 4.06. The van der Waals surface area contributed by atoms with Gasteiger partial charge in [-0.2, -0.15) is 0 Å². The molecule has 0 spiro atoms. The van der Waals surface area contributed by atoms with E-state index in [1.807, 2.05) is 0 Å². The molecule has 0 aromatic carbocycles. The molecule has 1 rings (SSSR count). The predicted octanol–water partition coefficient (Wildman–Crippen LogP) is 1.52. The molecule has 0 aromatic rings. The van der Waals surface area contributed by atoms with Gasteiger partial charge in [0, 0.05) is 19.8 Å². The van der Waals surface area contributed by atoms with Gasteiger partial charge in [0.05, 0.1) is 7.11 Å². The van der Waals surface area contributed by atoms with Gasteiger partial charge >= 0.3 is 0 Å². The molecule has 2 N–H and O–H groups in total. The van der Waals surface area contributed by atoms with Gasteiger partial charge in [0.15, 0.2) is 12.2 Å². The Morgan fingerprint density at radius 1 is 1.12 bits per heavy atom. The van der Waals surface area contributed by atoms with Crippen LogP contribution in [0.2, 0.25) is 0 Å². The van der Waals surface area contributed by atoms with Crippen LogP contribution in [0.1, 0.15) is 32.6 Å². The number of nitrogens with one attached hydrogen (secondary N) is 2. The molecule has 1 aliphatic heterocycles. The van der Waals surface area contributed by atoms with Gasteiger partial charge in [0.2, 0.25) is 0 Å². The zero-order chi connectivity index (χ0) is 12.7. The van der Waals surface area contributed by atoms with E-state index in [1.54, 1.807) is 21.3 Å². The number of methoxy groups -OCH3 is 3. The lowest BCUT2D eigenvalue weighted by atomic mass is 10.1. The number of unbranched alkanes of at least 4 members (excludes halogenated alkanes) is 2. The highest BCUT2D eigenvalue weighted by molar-refractivity contribution is 5.15. The van der Waals surface area contributed by atoms with E-state index < -0.39 is 0 Å². The minimum absolute atomic E-state index is 0.145. The van der Waals surface area contributed by atoms with Crippen molar-refractivity contribution in [3.8, 4) is 0 Å². The second kappa shape index (κ2) is 7.53. The topological polar surface area (TPSA) is 51.8 Å². The van der Waals surface area contributed by atoms with Crippen LogP contribution in [0.5, 0.6) is 0 Å². The van der Waals surface area contributed by atoms with E-state index in [1.165, 1.54) is 12.8 Å². The SMILES string of the molecule is CCCCCC1=C(OC)NC(OC)NC1OC. The van der Waals surface area contributed by atoms with E-state index in [0.29, 0.717) is 0 Å². The third kappa shape index (κ3) is 3.87. The number of rotatable bonds is 7. The zero-order valence-corrected chi connectivity index (χ0v) is 11.2. The molecule has 17 heavy (non-hydrogen) atoms. The minimum atomic E-state index is -0.273. The van der Waals surface area contributed by atoms with Gasteiger partial charge in [-0.3, -0.25) is 0 Å². The largest absolute Gasteiger partial charge is 0.482 e. The Morgan fingerprint density at radius 3 is 2.41 bits per heavy atom. The molecule has 2 unspecified atom stereocenters. The van der Waals surface area contributed by atoms with Crippen LogP contribution < -0.4 is 10.6 Å². The average molecular weight is 244 g/mol. The molecular formula is C12H24N2O3. The van der Waals surface area contributed by atoms with Crippen molar-refractivity contribution in [3.05, 3.63) is 11.5 Å². The fourth-order valence-electron chi connectivity index (χ4n) is 1.95. The Kier molecular flexibility index (Phi) is 6.32. The van der Waals surface area contributed by atoms with Crippen LogP contribution in [-0.2, 0) is 14.2 Å². The first kappa shape index (κ1) is 14.3. The Morgan fingerprint density at radius 2 is 1.88 bits per heavy atom. The van der Waals surface area contributed by atoms with Gasteiger partial charge in [0.1, 0.15) is 6.23 Å². The quantitative estimate of drug-likeness (QED) is 0.665. The van der Waals surface area contributed by atoms with Crippen LogP contribution in [-0.4, -0.2) is 33.9 Å². The summed E-state index contributed by atoms with van der Waals surface area (Å²) in [6.45, 7) is 2.19. The van der Waals surface area contributed by atoms with Crippen LogP contribution in [0, 0.1) is 0 Å². The smallest absolute Gasteiger partial charge is 0.192 e. The summed E-state index contributed by atoms with van der Waals surface area (Å²) in [6.07, 6.45) is 4.10. The molecule has 0 aliphatic carbocycles. The molecule has 100 valence electrons. The standard InChI is InChI=1S/C12H24N2O3/c1-5-6-7-8-9-10(15-2)13-12(17-4)14-11(9)16-3/h10,12-14H,5-8H2,1-4H3. The van der Waals surface area contributed by atoms with Crippen molar-refractivity contribution >= 4 is 0 Å². The molecule has 2 atom stereocenters. The van der Waals surface area contributed by atoms with Gasteiger partial charge in [0.25, 0.3) is 0 Å². The van der Waals surface area contributed by atoms with Gasteiger partial charge < -0.3 is 19.5 Å². The maximum Gasteiger partial charge on any atom is 0.192 e. The Labute approximate surface area is 103 Å². The molecule has 0 saturated carbocycles. The lowest BCUT2D eigenvalue weighted by Gasteiger charge is -2.33. The number of hydrogen-bond acceptors (Lipinski definition) is 5. The maximum atomic E-state index is 5.43. The summed E-state index contributed by atoms with van der Waals surface area (Å²) < 4.78 is 16.0. The molecule has 5 nitrogen and oxygen atoms in total. The zero-order valence-electron chi connectivity index (χ0n) is 11.2. The van der Waals surface area contributed by atoms with E-state index in [0.717, 1.165) is 24.3 Å². The minimum Gasteiger partial charge on any atom is -0.482 e. The van der Waals surface area contributed by atoms with Crippen molar-refractivity contribution in [2.75, 3.05) is 21.3 Å². The van der Waals surface area contributed by atoms with Crippen molar-refractivity contribution in [3.63, 3.8) is 0 Å². The van der Waals surface area contributed by atoms with Crippen molar-refractivity contribution in [2.24, 2.45) is 0 Å². The molecular weight excluding hydrogens is 220 g/mol. The molecule has 1 aliphatic rings. The fraction of sp³-hybridized carbons (Fsp3) is 0.833. The van der Waals surface area contributed by atoms with Crippen molar-refractivity contribution in [1.29, 1.82) is 0 Å². The normalized spacial score (nSPS) is 24.7. The summed E-state index contributed by atoms with van der Waals surface area (Å²) in [7, 11) is 4.97. The van der Waals surface area contributed by atoms with Gasteiger partial charge in [-0.15, -0.1) is 0 Å². The highest BCUT2D eigenvalue weighted by Crippen LogP contribution is 2.21. The summed E-state index contributed by atoms with van der Waals surface area (Å²) in [5.74, 6) is 0.763. The lowest BCUT2D eigenvalue weighted by Crippen LogP contribution is -2.54. The van der Waals surface area contributed by atoms with Gasteiger partial charge in [-0.1, -0.05) is 19.8 Å². The average Bonchev–Trinajstić information content (AvgIpc) is 2.38. The van der Waals surface area contributed by atoms with E-state index in [2.05, 4.69) is 17.6 Å². The summed E-state index contributed by atoms with van der Waals surface area (Å²) in [4.78, 5) is 0. The highest BCUT2D eigenvalue weighted by atomic mass is 16.5. The first-order chi connectivity index (χ1) is 8.26. The summed E-state index contributed by atoms with van der Waals surface area (Å²) in [6, 6.07) is 0. The number of ether oxygens (including phenoxy) is 3. The molecule has 5 heteroatoms. The third-order valence-corrected chi connectivity index (χ3v) is 2.90. The van der Waals surface area contributed by atoms with Gasteiger partial charge in [-0.05, 0) is 12.8 Å². The lowest BCUT2D eigenvalue weighted by molar-refractivity contribution is -0.0336. The maximum absolute atomic E-state index is 5.43. The molecule has 0 radical (unpaired) electrons. The molecule has 0 fully saturated rings. The Hall–Kier alpha value is -0.780. The van der Waals surface area contributed by atoms with Crippen LogP contribution in [0.4, 0.5) is 0 Å². The first-order valence-electron chi connectivity index (χ1n) is 6.12. The van der Waals surface area contributed by atoms with Gasteiger partial charge in [-0.25, -0.2) is 5.32 Å². The Bertz CT molecular complexity index is 256. The van der Waals surface area contributed by atoms with Crippen molar-refractivity contribution in [2.45, 2.75) is 45.2 Å². The van der Waals surface area contributed by atoms with E-state index in [9.17, 15) is 0 Å². The summed E-state index contributed by atoms with van der Waals surface area (Å²) in [5.41, 5.74) is 1.12. The van der Waals surface area contributed by atoms with Crippen LogP contribution >= 0.6 is 0 Å². The molecule has 1 heterocycles. The number of hydrogen-bond donors (Lipinski definition) is 2. The Balaban J connectivity index is 2.72. The second-order valence-corrected chi connectivity index (χ2v) is 4.06. The molecule has 0 aromatic heterocycles. The highest BCUT2D eigenvalue weighted by Gasteiger charge is 2.28. The van der Waals surface area contributed by atoms with Crippen molar-refractivity contribution in [1.82, 2.24) is 10.6 Å². The molecule has 0 saturated heterocycles. The van der Waals surface area contributed by atoms with Crippen LogP contribution in [0.25, 0.3) is 0 Å². The van der Waals surface area contributed by atoms with Crippen LogP contribution in [0.15, 0.2) is 11.5 Å². The van der Waals surface area contributed by atoms with E-state index >= 15 is 0 Å². The fourth-order valence-corrected chi connectivity index (χ4v) is 1.95. The van der Waals surface area contributed by atoms with E-state index in [4.69, 9.17) is 14.2 Å². The van der Waals surface area contributed by atoms with E-state index in [-0.39, 0.29) is 12.6 Å². The monoisotopic (exact) mass is 244 g/mol. The third-order valence-electron chi connectivity index (χ3n) is 2.90. The summed E-state index contributed by atoms with van der Waals surface area (Å²) >= 11 is 0.